The molecule has 1 aromatic heterocycles. The molecule has 35 heavy (non-hydrogen) atoms. The number of anilines is 1. The minimum atomic E-state index is -1.11. The van der Waals surface area contributed by atoms with Crippen LogP contribution >= 0.6 is 0 Å². The largest absolute Gasteiger partial charge is 0.465 e. The molecule has 2 heterocycles. The first kappa shape index (κ1) is 21.7. The number of carbonyl (C=O) groups excluding carboxylic acids is 2. The molecule has 3 aromatic carbocycles. The molecule has 3 atom stereocenters. The summed E-state index contributed by atoms with van der Waals surface area (Å²) in [6.07, 6.45) is 0.622. The van der Waals surface area contributed by atoms with Gasteiger partial charge in [-0.3, -0.25) is 9.59 Å². The molecule has 5 heteroatoms. The summed E-state index contributed by atoms with van der Waals surface area (Å²) in [7, 11) is 1.81. The summed E-state index contributed by atoms with van der Waals surface area (Å²) in [5.41, 5.74) is 5.71. The zero-order valence-electron chi connectivity index (χ0n) is 20.2. The number of H-pyrrole nitrogens is 1. The highest BCUT2D eigenvalue weighted by Crippen LogP contribution is 2.61. The van der Waals surface area contributed by atoms with Crippen molar-refractivity contribution in [3.63, 3.8) is 0 Å². The molecule has 0 unspecified atom stereocenters. The van der Waals surface area contributed by atoms with Crippen LogP contribution in [0.1, 0.15) is 46.7 Å². The lowest BCUT2D eigenvalue weighted by molar-refractivity contribution is -0.150. The van der Waals surface area contributed by atoms with Gasteiger partial charge in [0.15, 0.2) is 0 Å². The number of rotatable bonds is 3. The Bertz CT molecular complexity index is 1470. The molecule has 0 saturated carbocycles. The first-order chi connectivity index (χ1) is 17.0. The van der Waals surface area contributed by atoms with Crippen molar-refractivity contribution in [3.05, 3.63) is 101 Å². The number of nitrogens with zero attached hydrogens (tertiary/aromatic N) is 1. The number of esters is 1. The summed E-state index contributed by atoms with van der Waals surface area (Å²) in [4.78, 5) is 33.7. The first-order valence-electron chi connectivity index (χ1n) is 12.2. The highest BCUT2D eigenvalue weighted by atomic mass is 16.5. The second-order valence-electron chi connectivity index (χ2n) is 9.67. The van der Waals surface area contributed by atoms with Gasteiger partial charge >= 0.3 is 5.97 Å². The monoisotopic (exact) mass is 464 g/mol. The van der Waals surface area contributed by atoms with Gasteiger partial charge in [-0.05, 0) is 49.1 Å². The summed E-state index contributed by atoms with van der Waals surface area (Å²) in [5, 5.41) is 0.974. The third-order valence-corrected chi connectivity index (χ3v) is 7.90. The summed E-state index contributed by atoms with van der Waals surface area (Å²) in [5.74, 6) is -1.42. The lowest BCUT2D eigenvalue weighted by atomic mass is 9.54. The Hall–Kier alpha value is -3.86. The van der Waals surface area contributed by atoms with Crippen LogP contribution in [0.25, 0.3) is 10.9 Å². The van der Waals surface area contributed by atoms with Crippen molar-refractivity contribution in [1.29, 1.82) is 0 Å². The van der Waals surface area contributed by atoms with Gasteiger partial charge in [-0.15, -0.1) is 0 Å². The van der Waals surface area contributed by atoms with E-state index >= 15 is 0 Å². The third kappa shape index (κ3) is 2.87. The predicted octanol–water partition coefficient (Wildman–Crippen LogP) is 5.38. The Kier molecular flexibility index (Phi) is 4.85. The van der Waals surface area contributed by atoms with E-state index in [0.717, 1.165) is 44.5 Å². The maximum atomic E-state index is 14.5. The van der Waals surface area contributed by atoms with Crippen LogP contribution in [0.3, 0.4) is 0 Å². The molecular formula is C30H28N2O3. The third-order valence-electron chi connectivity index (χ3n) is 7.90. The van der Waals surface area contributed by atoms with Crippen LogP contribution in [0, 0.1) is 6.92 Å². The lowest BCUT2D eigenvalue weighted by Gasteiger charge is -2.45. The number of aromatic amines is 1. The Morgan fingerprint density at radius 1 is 1.06 bits per heavy atom. The number of aromatic nitrogens is 1. The number of hydrogen-bond donors (Lipinski definition) is 1. The quantitative estimate of drug-likeness (QED) is 0.414. The molecule has 4 aromatic rings. The molecule has 0 fully saturated rings. The summed E-state index contributed by atoms with van der Waals surface area (Å²) in [6, 6.07) is 24.3. The minimum absolute atomic E-state index is 0.0572. The number of amides is 1. The Morgan fingerprint density at radius 2 is 1.77 bits per heavy atom. The zero-order valence-corrected chi connectivity index (χ0v) is 20.2. The molecule has 1 amide bonds. The molecular weight excluding hydrogens is 436 g/mol. The van der Waals surface area contributed by atoms with Gasteiger partial charge in [-0.1, -0.05) is 66.2 Å². The average Bonchev–Trinajstić information content (AvgIpc) is 3.34. The highest BCUT2D eigenvalue weighted by Gasteiger charge is 2.65. The van der Waals surface area contributed by atoms with E-state index in [0.29, 0.717) is 6.42 Å². The second kappa shape index (κ2) is 7.84. The minimum Gasteiger partial charge on any atom is -0.465 e. The molecule has 1 aliphatic heterocycles. The molecule has 6 rings (SSSR count). The highest BCUT2D eigenvalue weighted by molar-refractivity contribution is 6.13. The fraction of sp³-hybridized carbons (Fsp3) is 0.267. The lowest BCUT2D eigenvalue weighted by Crippen LogP contribution is -2.53. The summed E-state index contributed by atoms with van der Waals surface area (Å²) >= 11 is 0. The molecule has 1 spiro atoms. The summed E-state index contributed by atoms with van der Waals surface area (Å²) < 4.78 is 5.72. The van der Waals surface area contributed by atoms with E-state index in [-0.39, 0.29) is 24.4 Å². The number of aryl methyl sites for hydroxylation is 1. The Morgan fingerprint density at radius 3 is 2.54 bits per heavy atom. The van der Waals surface area contributed by atoms with Crippen LogP contribution in [0.15, 0.2) is 72.8 Å². The van der Waals surface area contributed by atoms with Crippen molar-refractivity contribution in [2.75, 3.05) is 18.6 Å². The van der Waals surface area contributed by atoms with Gasteiger partial charge in [0.25, 0.3) is 0 Å². The number of para-hydroxylation sites is 2. The van der Waals surface area contributed by atoms with Crippen LogP contribution in [-0.4, -0.2) is 30.5 Å². The maximum absolute atomic E-state index is 14.5. The normalized spacial score (nSPS) is 22.9. The molecule has 5 nitrogen and oxygen atoms in total. The SMILES string of the molecule is CCOC(=O)[C@@H]1c2c([nH]c3ccccc23)C[C@@H](c2ccc(C)cc2)[C@@]12C(=O)N(C)c1ccccc12. The first-order valence-corrected chi connectivity index (χ1v) is 12.2. The fourth-order valence-electron chi connectivity index (χ4n) is 6.45. The van der Waals surface area contributed by atoms with Crippen LogP contribution in [0.2, 0.25) is 0 Å². The average molecular weight is 465 g/mol. The molecule has 0 bridgehead atoms. The molecule has 176 valence electrons. The van der Waals surface area contributed by atoms with Gasteiger partial charge in [0.1, 0.15) is 11.3 Å². The van der Waals surface area contributed by atoms with Crippen molar-refractivity contribution in [2.24, 2.45) is 0 Å². The van der Waals surface area contributed by atoms with Crippen molar-refractivity contribution >= 4 is 28.5 Å². The molecule has 1 N–H and O–H groups in total. The van der Waals surface area contributed by atoms with E-state index < -0.39 is 11.3 Å². The zero-order chi connectivity index (χ0) is 24.3. The molecule has 1 aliphatic carbocycles. The van der Waals surface area contributed by atoms with E-state index in [1.165, 1.54) is 0 Å². The molecule has 0 saturated heterocycles. The topological polar surface area (TPSA) is 62.4 Å². The number of carbonyl (C=O) groups is 2. The van der Waals surface area contributed by atoms with Crippen molar-refractivity contribution in [3.8, 4) is 0 Å². The van der Waals surface area contributed by atoms with Crippen molar-refractivity contribution in [2.45, 2.75) is 37.5 Å². The molecule has 0 radical (unpaired) electrons. The molecule has 2 aliphatic rings. The van der Waals surface area contributed by atoms with Crippen molar-refractivity contribution in [1.82, 2.24) is 4.98 Å². The van der Waals surface area contributed by atoms with Gasteiger partial charge in [-0.25, -0.2) is 0 Å². The number of ether oxygens (including phenoxy) is 1. The fourth-order valence-corrected chi connectivity index (χ4v) is 6.45. The number of nitrogens with one attached hydrogen (secondary N) is 1. The van der Waals surface area contributed by atoms with E-state index in [9.17, 15) is 9.59 Å². The standard InChI is InChI=1S/C30H28N2O3/c1-4-35-28(33)27-26-20-9-5-7-11-23(20)31-24(26)17-22(19-15-13-18(2)14-16-19)30(27)21-10-6-8-12-25(21)32(3)29(30)34/h5-16,22,27,31H,4,17H2,1-3H3/t22-,27-,30+/m0/s1. The predicted molar refractivity (Wildman–Crippen MR) is 137 cm³/mol. The Labute approximate surface area is 204 Å². The van der Waals surface area contributed by atoms with Crippen LogP contribution < -0.4 is 4.90 Å². The smallest absolute Gasteiger partial charge is 0.314 e. The van der Waals surface area contributed by atoms with Crippen LogP contribution in [0.4, 0.5) is 5.69 Å². The number of likely N-dealkylation sites (N-methyl/N-ethyl adjacent to an activating group) is 1. The summed E-state index contributed by atoms with van der Waals surface area (Å²) in [6.45, 7) is 4.13. The number of fused-ring (bicyclic) bond motifs is 5. The van der Waals surface area contributed by atoms with Gasteiger partial charge in [0.05, 0.1) is 6.61 Å². The van der Waals surface area contributed by atoms with Crippen LogP contribution in [-0.2, 0) is 26.2 Å². The van der Waals surface area contributed by atoms with Gasteiger partial charge in [0.2, 0.25) is 5.91 Å². The van der Waals surface area contributed by atoms with Gasteiger partial charge in [0, 0.05) is 35.2 Å². The van der Waals surface area contributed by atoms with E-state index in [1.807, 2.05) is 62.5 Å². The van der Waals surface area contributed by atoms with E-state index in [4.69, 9.17) is 4.74 Å². The Balaban J connectivity index is 1.73. The number of hydrogen-bond acceptors (Lipinski definition) is 3. The van der Waals surface area contributed by atoms with Gasteiger partial charge in [-0.2, -0.15) is 0 Å². The van der Waals surface area contributed by atoms with Crippen molar-refractivity contribution < 1.29 is 14.3 Å². The van der Waals surface area contributed by atoms with E-state index in [2.05, 4.69) is 36.2 Å². The van der Waals surface area contributed by atoms with Gasteiger partial charge < -0.3 is 14.6 Å². The number of benzene rings is 3. The maximum Gasteiger partial charge on any atom is 0.314 e. The van der Waals surface area contributed by atoms with Crippen LogP contribution in [0.5, 0.6) is 0 Å². The second-order valence-corrected chi connectivity index (χ2v) is 9.67. The van der Waals surface area contributed by atoms with E-state index in [1.54, 1.807) is 4.90 Å².